The highest BCUT2D eigenvalue weighted by Gasteiger charge is 2.11. The standard InChI is InChI=1S/C14H15ClN2/c1-9(2)12-6-10(3)14(15)7-13(12)11-4-5-16-17-8-11/h4-9H,1-3H3. The van der Waals surface area contributed by atoms with Gasteiger partial charge in [0.15, 0.2) is 0 Å². The third-order valence-corrected chi connectivity index (χ3v) is 3.26. The summed E-state index contributed by atoms with van der Waals surface area (Å²) in [5.41, 5.74) is 4.61. The van der Waals surface area contributed by atoms with E-state index in [1.54, 1.807) is 12.4 Å². The average molecular weight is 247 g/mol. The first-order valence-electron chi connectivity index (χ1n) is 5.66. The Balaban J connectivity index is 2.64. The second-order valence-electron chi connectivity index (χ2n) is 4.47. The molecule has 17 heavy (non-hydrogen) atoms. The number of nitrogens with zero attached hydrogens (tertiary/aromatic N) is 2. The third-order valence-electron chi connectivity index (χ3n) is 2.85. The zero-order valence-electron chi connectivity index (χ0n) is 10.2. The summed E-state index contributed by atoms with van der Waals surface area (Å²) in [6.07, 6.45) is 3.47. The average Bonchev–Trinajstić information content (AvgIpc) is 2.33. The lowest BCUT2D eigenvalue weighted by molar-refractivity contribution is 0.866. The maximum absolute atomic E-state index is 6.20. The number of halogens is 1. The monoisotopic (exact) mass is 246 g/mol. The van der Waals surface area contributed by atoms with Crippen molar-refractivity contribution in [1.82, 2.24) is 10.2 Å². The number of hydrogen-bond acceptors (Lipinski definition) is 2. The number of benzene rings is 1. The number of aromatic nitrogens is 2. The van der Waals surface area contributed by atoms with Crippen LogP contribution in [0.25, 0.3) is 11.1 Å². The molecule has 1 aromatic heterocycles. The molecule has 2 nitrogen and oxygen atoms in total. The highest BCUT2D eigenvalue weighted by Crippen LogP contribution is 2.33. The van der Waals surface area contributed by atoms with E-state index < -0.39 is 0 Å². The van der Waals surface area contributed by atoms with Crippen LogP contribution in [0.15, 0.2) is 30.6 Å². The van der Waals surface area contributed by atoms with Gasteiger partial charge in [-0.3, -0.25) is 0 Å². The molecule has 2 rings (SSSR count). The lowest BCUT2D eigenvalue weighted by Crippen LogP contribution is -1.95. The number of hydrogen-bond donors (Lipinski definition) is 0. The summed E-state index contributed by atoms with van der Waals surface area (Å²) in [7, 11) is 0. The topological polar surface area (TPSA) is 25.8 Å². The first-order valence-corrected chi connectivity index (χ1v) is 6.04. The zero-order valence-corrected chi connectivity index (χ0v) is 11.0. The molecule has 0 N–H and O–H groups in total. The molecule has 0 unspecified atom stereocenters. The third kappa shape index (κ3) is 2.47. The summed E-state index contributed by atoms with van der Waals surface area (Å²) in [5, 5.41) is 8.52. The lowest BCUT2D eigenvalue weighted by Gasteiger charge is -2.14. The quantitative estimate of drug-likeness (QED) is 0.793. The lowest BCUT2D eigenvalue weighted by atomic mass is 9.92. The SMILES string of the molecule is Cc1cc(C(C)C)c(-c2ccnnc2)cc1Cl. The van der Waals surface area contributed by atoms with E-state index in [0.717, 1.165) is 21.7 Å². The Kier molecular flexibility index (Phi) is 3.43. The molecular formula is C14H15ClN2. The van der Waals surface area contributed by atoms with Crippen LogP contribution in [0.5, 0.6) is 0 Å². The molecular weight excluding hydrogens is 232 g/mol. The predicted octanol–water partition coefficient (Wildman–Crippen LogP) is 4.23. The number of aryl methyl sites for hydroxylation is 1. The van der Waals surface area contributed by atoms with Crippen molar-refractivity contribution in [2.75, 3.05) is 0 Å². The van der Waals surface area contributed by atoms with Crippen LogP contribution in [0.3, 0.4) is 0 Å². The molecule has 0 aliphatic heterocycles. The Morgan fingerprint density at radius 3 is 2.53 bits per heavy atom. The molecule has 3 heteroatoms. The molecule has 2 aromatic rings. The molecule has 0 spiro atoms. The molecule has 0 amide bonds. The summed E-state index contributed by atoms with van der Waals surface area (Å²) in [6.45, 7) is 6.39. The van der Waals surface area contributed by atoms with E-state index in [9.17, 15) is 0 Å². The van der Waals surface area contributed by atoms with E-state index in [2.05, 4.69) is 30.1 Å². The summed E-state index contributed by atoms with van der Waals surface area (Å²) < 4.78 is 0. The zero-order chi connectivity index (χ0) is 12.4. The molecule has 1 aromatic carbocycles. The van der Waals surface area contributed by atoms with E-state index in [1.165, 1.54) is 5.56 Å². The molecule has 0 fully saturated rings. The smallest absolute Gasteiger partial charge is 0.0574 e. The van der Waals surface area contributed by atoms with Crippen molar-refractivity contribution in [1.29, 1.82) is 0 Å². The highest BCUT2D eigenvalue weighted by molar-refractivity contribution is 6.31. The van der Waals surface area contributed by atoms with Crippen LogP contribution < -0.4 is 0 Å². The Bertz CT molecular complexity index is 521. The fourth-order valence-electron chi connectivity index (χ4n) is 1.88. The van der Waals surface area contributed by atoms with Crippen molar-refractivity contribution in [3.8, 4) is 11.1 Å². The van der Waals surface area contributed by atoms with Crippen molar-refractivity contribution in [3.63, 3.8) is 0 Å². The summed E-state index contributed by atoms with van der Waals surface area (Å²) in [4.78, 5) is 0. The van der Waals surface area contributed by atoms with Crippen molar-refractivity contribution < 1.29 is 0 Å². The minimum atomic E-state index is 0.453. The predicted molar refractivity (Wildman–Crippen MR) is 71.3 cm³/mol. The summed E-state index contributed by atoms with van der Waals surface area (Å²) in [5.74, 6) is 0.453. The Morgan fingerprint density at radius 1 is 1.18 bits per heavy atom. The number of rotatable bonds is 2. The van der Waals surface area contributed by atoms with Gasteiger partial charge in [-0.1, -0.05) is 31.5 Å². The fourth-order valence-corrected chi connectivity index (χ4v) is 2.05. The van der Waals surface area contributed by atoms with Gasteiger partial charge in [-0.25, -0.2) is 0 Å². The van der Waals surface area contributed by atoms with Crippen LogP contribution in [0.4, 0.5) is 0 Å². The van der Waals surface area contributed by atoms with Crippen LogP contribution in [-0.2, 0) is 0 Å². The van der Waals surface area contributed by atoms with E-state index in [-0.39, 0.29) is 0 Å². The van der Waals surface area contributed by atoms with Gasteiger partial charge in [-0.05, 0) is 41.7 Å². The molecule has 0 aliphatic rings. The van der Waals surface area contributed by atoms with Gasteiger partial charge < -0.3 is 0 Å². The molecule has 1 heterocycles. The van der Waals surface area contributed by atoms with Crippen molar-refractivity contribution in [2.24, 2.45) is 0 Å². The molecule has 0 bridgehead atoms. The first-order chi connectivity index (χ1) is 8.09. The maximum Gasteiger partial charge on any atom is 0.0574 e. The molecule has 0 radical (unpaired) electrons. The molecule has 0 saturated carbocycles. The normalized spacial score (nSPS) is 10.9. The Labute approximate surface area is 107 Å². The fraction of sp³-hybridized carbons (Fsp3) is 0.286. The van der Waals surface area contributed by atoms with E-state index in [1.807, 2.05) is 19.1 Å². The minimum absolute atomic E-state index is 0.453. The van der Waals surface area contributed by atoms with Gasteiger partial charge in [0.2, 0.25) is 0 Å². The minimum Gasteiger partial charge on any atom is -0.159 e. The Morgan fingerprint density at radius 2 is 1.94 bits per heavy atom. The summed E-state index contributed by atoms with van der Waals surface area (Å²) >= 11 is 6.20. The van der Waals surface area contributed by atoms with E-state index in [4.69, 9.17) is 11.6 Å². The van der Waals surface area contributed by atoms with Crippen molar-refractivity contribution in [2.45, 2.75) is 26.7 Å². The van der Waals surface area contributed by atoms with Gasteiger partial charge in [-0.2, -0.15) is 10.2 Å². The molecule has 0 saturated heterocycles. The Hall–Kier alpha value is -1.41. The second kappa shape index (κ2) is 4.84. The van der Waals surface area contributed by atoms with Crippen molar-refractivity contribution >= 4 is 11.6 Å². The first kappa shape index (κ1) is 12.1. The van der Waals surface area contributed by atoms with E-state index >= 15 is 0 Å². The van der Waals surface area contributed by atoms with Crippen LogP contribution in [0.2, 0.25) is 5.02 Å². The van der Waals surface area contributed by atoms with Gasteiger partial charge in [0.1, 0.15) is 0 Å². The van der Waals surface area contributed by atoms with Crippen LogP contribution in [-0.4, -0.2) is 10.2 Å². The maximum atomic E-state index is 6.20. The van der Waals surface area contributed by atoms with Gasteiger partial charge in [-0.15, -0.1) is 0 Å². The molecule has 0 atom stereocenters. The van der Waals surface area contributed by atoms with Gasteiger partial charge in [0.05, 0.1) is 12.4 Å². The largest absolute Gasteiger partial charge is 0.159 e. The molecule has 88 valence electrons. The van der Waals surface area contributed by atoms with Crippen LogP contribution in [0, 0.1) is 6.92 Å². The van der Waals surface area contributed by atoms with E-state index in [0.29, 0.717) is 5.92 Å². The van der Waals surface area contributed by atoms with Crippen LogP contribution >= 0.6 is 11.6 Å². The highest BCUT2D eigenvalue weighted by atomic mass is 35.5. The molecule has 0 aliphatic carbocycles. The van der Waals surface area contributed by atoms with Crippen molar-refractivity contribution in [3.05, 3.63) is 46.7 Å². The second-order valence-corrected chi connectivity index (χ2v) is 4.88. The van der Waals surface area contributed by atoms with Gasteiger partial charge in [0, 0.05) is 10.6 Å². The van der Waals surface area contributed by atoms with Crippen LogP contribution in [0.1, 0.15) is 30.9 Å². The van der Waals surface area contributed by atoms with Gasteiger partial charge >= 0.3 is 0 Å². The van der Waals surface area contributed by atoms with Gasteiger partial charge in [0.25, 0.3) is 0 Å². The summed E-state index contributed by atoms with van der Waals surface area (Å²) in [6, 6.07) is 6.13.